The molecule has 2 bridgehead atoms. The fraction of sp³-hybridized carbons (Fsp3) is 0.500. The molecule has 0 aromatic heterocycles. The summed E-state index contributed by atoms with van der Waals surface area (Å²) in [6.45, 7) is 10.0. The molecule has 216 valence electrons. The molecule has 6 nitrogen and oxygen atoms in total. The van der Waals surface area contributed by atoms with Gasteiger partial charge in [-0.05, 0) is 92.1 Å². The third-order valence-electron chi connectivity index (χ3n) is 7.86. The van der Waals surface area contributed by atoms with E-state index in [-0.39, 0.29) is 17.9 Å². The van der Waals surface area contributed by atoms with Crippen LogP contribution in [0.5, 0.6) is 23.0 Å². The molecule has 0 N–H and O–H groups in total. The Bertz CT molecular complexity index is 1150. The average Bonchev–Trinajstić information content (AvgIpc) is 3.24. The number of hydrogen-bond donors (Lipinski definition) is 0. The first-order valence-electron chi connectivity index (χ1n) is 14.5. The van der Waals surface area contributed by atoms with Gasteiger partial charge in [0.1, 0.15) is 0 Å². The van der Waals surface area contributed by atoms with Gasteiger partial charge in [-0.3, -0.25) is 9.69 Å². The van der Waals surface area contributed by atoms with Crippen LogP contribution in [0, 0.1) is 11.8 Å². The molecule has 2 unspecified atom stereocenters. The van der Waals surface area contributed by atoms with Crippen molar-refractivity contribution in [1.82, 2.24) is 4.90 Å². The summed E-state index contributed by atoms with van der Waals surface area (Å²) in [5.41, 5.74) is 3.50. The van der Waals surface area contributed by atoms with Crippen LogP contribution in [0.25, 0.3) is 12.2 Å². The highest BCUT2D eigenvalue weighted by Gasteiger charge is 2.44. The Morgan fingerprint density at radius 1 is 0.750 bits per heavy atom. The molecule has 0 saturated carbocycles. The number of ketones is 1. The van der Waals surface area contributed by atoms with E-state index in [1.165, 1.54) is 0 Å². The molecule has 2 aliphatic rings. The fourth-order valence-corrected chi connectivity index (χ4v) is 5.44. The highest BCUT2D eigenvalue weighted by molar-refractivity contribution is 6.16. The first-order chi connectivity index (χ1) is 19.2. The summed E-state index contributed by atoms with van der Waals surface area (Å²) in [6, 6.07) is 12.0. The predicted octanol–water partition coefficient (Wildman–Crippen LogP) is 7.07. The fourth-order valence-electron chi connectivity index (χ4n) is 5.44. The molecule has 6 heteroatoms. The molecule has 0 spiro atoms. The third kappa shape index (κ3) is 6.90. The Kier molecular flexibility index (Phi) is 9.96. The lowest BCUT2D eigenvalue weighted by molar-refractivity contribution is -0.114. The van der Waals surface area contributed by atoms with Gasteiger partial charge in [0.25, 0.3) is 0 Å². The van der Waals surface area contributed by atoms with Crippen LogP contribution in [0.3, 0.4) is 0 Å². The van der Waals surface area contributed by atoms with Crippen LogP contribution in [0.15, 0.2) is 47.5 Å². The van der Waals surface area contributed by atoms with Crippen LogP contribution in [0.4, 0.5) is 0 Å². The zero-order chi connectivity index (χ0) is 28.8. The largest absolute Gasteiger partial charge is 0.493 e. The lowest BCUT2D eigenvalue weighted by Gasteiger charge is -2.34. The summed E-state index contributed by atoms with van der Waals surface area (Å²) >= 11 is 0. The number of fused-ring (bicyclic) bond motifs is 2. The van der Waals surface area contributed by atoms with Crippen LogP contribution in [0.2, 0.25) is 0 Å². The summed E-state index contributed by atoms with van der Waals surface area (Å²) in [7, 11) is 5.42. The minimum absolute atomic E-state index is 0.105. The van der Waals surface area contributed by atoms with E-state index in [0.29, 0.717) is 36.5 Å². The van der Waals surface area contributed by atoms with Gasteiger partial charge < -0.3 is 18.9 Å². The third-order valence-corrected chi connectivity index (χ3v) is 7.86. The molecular weight excluding hydrogens is 502 g/mol. The number of ether oxygens (including phenoxy) is 4. The van der Waals surface area contributed by atoms with Gasteiger partial charge in [0.2, 0.25) is 0 Å². The van der Waals surface area contributed by atoms with E-state index in [4.69, 9.17) is 18.9 Å². The Balaban J connectivity index is 1.60. The van der Waals surface area contributed by atoms with Gasteiger partial charge in [0.05, 0.1) is 27.4 Å². The van der Waals surface area contributed by atoms with Crippen molar-refractivity contribution in [3.63, 3.8) is 0 Å². The Hall–Kier alpha value is -3.25. The highest BCUT2D eigenvalue weighted by Crippen LogP contribution is 2.41. The normalized spacial score (nSPS) is 21.1. The molecule has 0 aliphatic carbocycles. The summed E-state index contributed by atoms with van der Waals surface area (Å²) in [6.07, 6.45) is 7.91. The smallest absolute Gasteiger partial charge is 0.188 e. The van der Waals surface area contributed by atoms with Gasteiger partial charge >= 0.3 is 0 Å². The van der Waals surface area contributed by atoms with Crippen molar-refractivity contribution in [2.24, 2.45) is 11.8 Å². The number of piperidine rings is 1. The molecular formula is C34H45NO5. The molecule has 2 heterocycles. The molecule has 4 rings (SSSR count). The number of benzene rings is 2. The van der Waals surface area contributed by atoms with Crippen molar-refractivity contribution in [2.75, 3.05) is 34.5 Å². The number of nitrogens with zero attached hydrogens (tertiary/aromatic N) is 1. The molecule has 0 radical (unpaired) electrons. The Morgan fingerprint density at radius 3 is 1.55 bits per heavy atom. The quantitative estimate of drug-likeness (QED) is 0.265. The van der Waals surface area contributed by atoms with Crippen LogP contribution in [-0.2, 0) is 4.79 Å². The van der Waals surface area contributed by atoms with Gasteiger partial charge in [-0.15, -0.1) is 0 Å². The first-order valence-corrected chi connectivity index (χ1v) is 14.5. The molecule has 40 heavy (non-hydrogen) atoms. The highest BCUT2D eigenvalue weighted by atomic mass is 16.5. The van der Waals surface area contributed by atoms with Crippen molar-refractivity contribution in [2.45, 2.75) is 65.5 Å². The van der Waals surface area contributed by atoms with Gasteiger partial charge in [0.15, 0.2) is 28.8 Å². The zero-order valence-electron chi connectivity index (χ0n) is 25.2. The summed E-state index contributed by atoms with van der Waals surface area (Å²) in [4.78, 5) is 16.3. The number of methoxy groups -OCH3 is 2. The standard InChI is InChI=1S/C34H45NO5/c1-22(2)14-16-39-30-12-8-24(20-32(30)37-6)18-26-28-10-11-29(35(28)5)27(34(26)36)19-25-9-13-31(33(21-25)38-7)40-17-15-23(3)4/h8-9,12-13,18-23,28-29H,10-11,14-17H2,1-7H3. The first kappa shape index (κ1) is 29.7. The molecule has 2 aromatic carbocycles. The molecule has 2 saturated heterocycles. The van der Waals surface area contributed by atoms with E-state index in [2.05, 4.69) is 39.6 Å². The summed E-state index contributed by atoms with van der Waals surface area (Å²) in [5.74, 6) is 4.06. The minimum atomic E-state index is 0.105. The van der Waals surface area contributed by atoms with Crippen molar-refractivity contribution in [1.29, 1.82) is 0 Å². The second-order valence-electron chi connectivity index (χ2n) is 11.7. The molecule has 2 atom stereocenters. The second-order valence-corrected chi connectivity index (χ2v) is 11.7. The second kappa shape index (κ2) is 13.4. The van der Waals surface area contributed by atoms with Crippen LogP contribution >= 0.6 is 0 Å². The van der Waals surface area contributed by atoms with Crippen molar-refractivity contribution in [3.05, 3.63) is 58.7 Å². The summed E-state index contributed by atoms with van der Waals surface area (Å²) in [5, 5.41) is 0. The van der Waals surface area contributed by atoms with Crippen LogP contribution < -0.4 is 18.9 Å². The average molecular weight is 548 g/mol. The predicted molar refractivity (Wildman–Crippen MR) is 161 cm³/mol. The number of rotatable bonds is 12. The number of Topliss-reactive ketones (excluding diaryl/α,β-unsaturated/α-hetero) is 1. The van der Waals surface area contributed by atoms with E-state index in [1.807, 2.05) is 48.6 Å². The Morgan fingerprint density at radius 2 is 1.18 bits per heavy atom. The van der Waals surface area contributed by atoms with Gasteiger partial charge in [-0.25, -0.2) is 0 Å². The number of hydrogen-bond acceptors (Lipinski definition) is 6. The monoisotopic (exact) mass is 547 g/mol. The SMILES string of the molecule is COc1cc(C=C2C(=O)C(=Cc3ccc(OCCC(C)C)c(OC)c3)C3CCC2N3C)ccc1OCCC(C)C. The Labute approximate surface area is 240 Å². The number of carbonyl (C=O) groups excluding carboxylic acids is 1. The maximum atomic E-state index is 13.9. The molecule has 2 fully saturated rings. The van der Waals surface area contributed by atoms with E-state index in [0.717, 1.165) is 59.5 Å². The maximum Gasteiger partial charge on any atom is 0.188 e. The molecule has 2 aliphatic heterocycles. The number of carbonyl (C=O) groups is 1. The molecule has 2 aromatic rings. The van der Waals surface area contributed by atoms with E-state index < -0.39 is 0 Å². The maximum absolute atomic E-state index is 13.9. The summed E-state index contributed by atoms with van der Waals surface area (Å²) < 4.78 is 23.2. The van der Waals surface area contributed by atoms with E-state index >= 15 is 0 Å². The van der Waals surface area contributed by atoms with Gasteiger partial charge in [-0.1, -0.05) is 39.8 Å². The van der Waals surface area contributed by atoms with E-state index in [1.54, 1.807) is 14.2 Å². The van der Waals surface area contributed by atoms with Gasteiger partial charge in [0, 0.05) is 23.2 Å². The van der Waals surface area contributed by atoms with Crippen LogP contribution in [0.1, 0.15) is 64.5 Å². The molecule has 0 amide bonds. The lowest BCUT2D eigenvalue weighted by Crippen LogP contribution is -2.43. The van der Waals surface area contributed by atoms with Crippen molar-refractivity contribution >= 4 is 17.9 Å². The number of likely N-dealkylation sites (N-methyl/N-ethyl adjacent to an activating group) is 1. The van der Waals surface area contributed by atoms with Gasteiger partial charge in [-0.2, -0.15) is 0 Å². The topological polar surface area (TPSA) is 57.2 Å². The van der Waals surface area contributed by atoms with Crippen molar-refractivity contribution in [3.8, 4) is 23.0 Å². The lowest BCUT2D eigenvalue weighted by atomic mass is 9.88. The zero-order valence-corrected chi connectivity index (χ0v) is 25.2. The minimum Gasteiger partial charge on any atom is -0.493 e. The van der Waals surface area contributed by atoms with E-state index in [9.17, 15) is 4.79 Å². The van der Waals surface area contributed by atoms with Crippen LogP contribution in [-0.4, -0.2) is 57.2 Å². The van der Waals surface area contributed by atoms with Crippen molar-refractivity contribution < 1.29 is 23.7 Å².